The van der Waals surface area contributed by atoms with Crippen LogP contribution in [0.15, 0.2) is 0 Å². The lowest BCUT2D eigenvalue weighted by Crippen LogP contribution is -2.51. The van der Waals surface area contributed by atoms with Gasteiger partial charge in [0, 0.05) is 10.8 Å². The molecular formula is C16H31IO4Si. The number of ether oxygens (including phenoxy) is 2. The Balaban J connectivity index is 2.99. The van der Waals surface area contributed by atoms with Crippen molar-refractivity contribution in [3.63, 3.8) is 0 Å². The molecule has 1 aliphatic heterocycles. The highest BCUT2D eigenvalue weighted by Gasteiger charge is 2.50. The minimum Gasteiger partial charge on any atom is -0.410 e. The maximum absolute atomic E-state index is 12.2. The molecule has 0 aromatic heterocycles. The van der Waals surface area contributed by atoms with Gasteiger partial charge in [-0.3, -0.25) is 4.79 Å². The van der Waals surface area contributed by atoms with E-state index in [9.17, 15) is 4.79 Å². The average molecular weight is 442 g/mol. The van der Waals surface area contributed by atoms with E-state index in [0.29, 0.717) is 6.42 Å². The number of Topliss-reactive ketones (excluding diaryl/α,β-unsaturated/α-hetero) is 1. The molecule has 4 nitrogen and oxygen atoms in total. The molecule has 1 saturated heterocycles. The number of hydrogen-bond acceptors (Lipinski definition) is 4. The van der Waals surface area contributed by atoms with Crippen LogP contribution in [0.2, 0.25) is 18.1 Å². The van der Waals surface area contributed by atoms with Gasteiger partial charge in [0.1, 0.15) is 12.2 Å². The molecule has 1 heterocycles. The molecule has 0 N–H and O–H groups in total. The zero-order chi connectivity index (χ0) is 17.3. The maximum atomic E-state index is 12.2. The van der Waals surface area contributed by atoms with E-state index in [2.05, 4.69) is 56.5 Å². The molecule has 0 spiro atoms. The summed E-state index contributed by atoms with van der Waals surface area (Å²) >= 11 is 2.32. The third-order valence-corrected chi connectivity index (χ3v) is 9.94. The lowest BCUT2D eigenvalue weighted by Gasteiger charge is -2.40. The van der Waals surface area contributed by atoms with Crippen molar-refractivity contribution >= 4 is 36.7 Å². The second kappa shape index (κ2) is 7.17. The van der Waals surface area contributed by atoms with Crippen LogP contribution in [0.5, 0.6) is 0 Å². The molecule has 0 amide bonds. The van der Waals surface area contributed by atoms with Gasteiger partial charge in [-0.2, -0.15) is 0 Å². The predicted molar refractivity (Wildman–Crippen MR) is 100 cm³/mol. The molecule has 0 aromatic rings. The molecule has 0 unspecified atom stereocenters. The topological polar surface area (TPSA) is 44.8 Å². The fraction of sp³-hybridized carbons (Fsp3) is 0.938. The standard InChI is InChI=1S/C16H31IO4Si/c1-9-11(18)13-14(20-16(5,6)19-13)12(10-17)21-22(7,8)15(2,3)4/h12-14H,9-10H2,1-8H3/t12-,13-,14+/m1/s1. The van der Waals surface area contributed by atoms with E-state index >= 15 is 0 Å². The van der Waals surface area contributed by atoms with Crippen molar-refractivity contribution in [3.8, 4) is 0 Å². The SMILES string of the molecule is CCC(=O)[C@H]1OC(C)(C)O[C@H]1[C@@H](CI)O[Si](C)(C)C(C)(C)C. The number of hydrogen-bond donors (Lipinski definition) is 0. The summed E-state index contributed by atoms with van der Waals surface area (Å²) in [5.41, 5.74) is 0. The summed E-state index contributed by atoms with van der Waals surface area (Å²) in [4.78, 5) is 12.2. The van der Waals surface area contributed by atoms with Crippen LogP contribution in [0.1, 0.15) is 48.0 Å². The van der Waals surface area contributed by atoms with Gasteiger partial charge in [-0.05, 0) is 32.0 Å². The second-order valence-corrected chi connectivity index (χ2v) is 13.5. The zero-order valence-electron chi connectivity index (χ0n) is 15.2. The number of rotatable bonds is 6. The van der Waals surface area contributed by atoms with E-state index in [1.54, 1.807) is 0 Å². The van der Waals surface area contributed by atoms with Crippen molar-refractivity contribution in [1.29, 1.82) is 0 Å². The molecule has 0 aromatic carbocycles. The lowest BCUT2D eigenvalue weighted by atomic mass is 10.0. The Morgan fingerprint density at radius 2 is 1.86 bits per heavy atom. The third kappa shape index (κ3) is 4.75. The number of ketones is 1. The van der Waals surface area contributed by atoms with E-state index in [-0.39, 0.29) is 23.0 Å². The molecule has 6 heteroatoms. The van der Waals surface area contributed by atoms with E-state index in [1.165, 1.54) is 0 Å². The van der Waals surface area contributed by atoms with Crippen LogP contribution in [-0.2, 0) is 18.7 Å². The van der Waals surface area contributed by atoms with Crippen LogP contribution in [0.4, 0.5) is 0 Å². The second-order valence-electron chi connectivity index (χ2n) is 7.91. The third-order valence-electron chi connectivity index (χ3n) is 4.57. The van der Waals surface area contributed by atoms with Gasteiger partial charge in [-0.25, -0.2) is 0 Å². The highest BCUT2D eigenvalue weighted by Crippen LogP contribution is 2.40. The first-order chi connectivity index (χ1) is 9.84. The molecule has 0 radical (unpaired) electrons. The zero-order valence-corrected chi connectivity index (χ0v) is 18.3. The molecule has 0 bridgehead atoms. The van der Waals surface area contributed by atoms with Crippen molar-refractivity contribution in [2.45, 2.75) is 90.2 Å². The van der Waals surface area contributed by atoms with E-state index in [1.807, 2.05) is 20.8 Å². The van der Waals surface area contributed by atoms with Gasteiger partial charge in [0.15, 0.2) is 19.9 Å². The highest BCUT2D eigenvalue weighted by molar-refractivity contribution is 14.1. The van der Waals surface area contributed by atoms with Crippen LogP contribution in [0, 0.1) is 0 Å². The average Bonchev–Trinajstić information content (AvgIpc) is 2.69. The van der Waals surface area contributed by atoms with Crippen molar-refractivity contribution < 1.29 is 18.7 Å². The summed E-state index contributed by atoms with van der Waals surface area (Å²) in [5.74, 6) is -0.648. The number of halogens is 1. The number of alkyl halides is 1. The van der Waals surface area contributed by atoms with Gasteiger partial charge in [0.25, 0.3) is 0 Å². The Morgan fingerprint density at radius 3 is 2.27 bits per heavy atom. The molecule has 0 aliphatic carbocycles. The van der Waals surface area contributed by atoms with Gasteiger partial charge in [0.2, 0.25) is 0 Å². The summed E-state index contributed by atoms with van der Waals surface area (Å²) in [7, 11) is -1.93. The monoisotopic (exact) mass is 442 g/mol. The van der Waals surface area contributed by atoms with Gasteiger partial charge >= 0.3 is 0 Å². The highest BCUT2D eigenvalue weighted by atomic mass is 127. The van der Waals surface area contributed by atoms with Crippen molar-refractivity contribution in [2.75, 3.05) is 4.43 Å². The first-order valence-electron chi connectivity index (χ1n) is 7.97. The molecule has 130 valence electrons. The minimum absolute atomic E-state index is 0.0873. The van der Waals surface area contributed by atoms with Crippen LogP contribution in [-0.4, -0.2) is 42.6 Å². The minimum atomic E-state index is -1.93. The lowest BCUT2D eigenvalue weighted by molar-refractivity contribution is -0.158. The Morgan fingerprint density at radius 1 is 1.32 bits per heavy atom. The Hall–Kier alpha value is 0.497. The van der Waals surface area contributed by atoms with Crippen molar-refractivity contribution in [1.82, 2.24) is 0 Å². The summed E-state index contributed by atoms with van der Waals surface area (Å²) in [6.45, 7) is 16.7. The molecular weight excluding hydrogens is 411 g/mol. The summed E-state index contributed by atoms with van der Waals surface area (Å²) in [6, 6.07) is 0. The van der Waals surface area contributed by atoms with Crippen molar-refractivity contribution in [3.05, 3.63) is 0 Å². The first-order valence-corrected chi connectivity index (χ1v) is 12.4. The largest absolute Gasteiger partial charge is 0.410 e. The van der Waals surface area contributed by atoms with Gasteiger partial charge in [-0.1, -0.05) is 50.3 Å². The van der Waals surface area contributed by atoms with E-state index in [4.69, 9.17) is 13.9 Å². The smallest absolute Gasteiger partial charge is 0.192 e. The predicted octanol–water partition coefficient (Wildman–Crippen LogP) is 4.31. The van der Waals surface area contributed by atoms with Gasteiger partial charge in [-0.15, -0.1) is 0 Å². The first kappa shape index (κ1) is 20.5. The molecule has 1 aliphatic rings. The van der Waals surface area contributed by atoms with E-state index < -0.39 is 20.2 Å². The van der Waals surface area contributed by atoms with Crippen LogP contribution in [0.25, 0.3) is 0 Å². The Labute approximate surface area is 149 Å². The fourth-order valence-corrected chi connectivity index (χ4v) is 4.60. The molecule has 3 atom stereocenters. The summed E-state index contributed by atoms with van der Waals surface area (Å²) < 4.78 is 19.2. The van der Waals surface area contributed by atoms with Crippen LogP contribution < -0.4 is 0 Å². The normalized spacial score (nSPS) is 27.0. The van der Waals surface area contributed by atoms with Crippen LogP contribution >= 0.6 is 22.6 Å². The van der Waals surface area contributed by atoms with Crippen molar-refractivity contribution in [2.24, 2.45) is 0 Å². The summed E-state index contributed by atoms with van der Waals surface area (Å²) in [6.07, 6.45) is -0.518. The molecule has 1 fully saturated rings. The fourth-order valence-electron chi connectivity index (χ4n) is 2.25. The Bertz CT molecular complexity index is 403. The Kier molecular flexibility index (Phi) is 6.69. The molecule has 0 saturated carbocycles. The van der Waals surface area contributed by atoms with Crippen LogP contribution in [0.3, 0.4) is 0 Å². The quantitative estimate of drug-likeness (QED) is 0.349. The maximum Gasteiger partial charge on any atom is 0.192 e. The summed E-state index contributed by atoms with van der Waals surface area (Å²) in [5, 5.41) is 0.121. The molecule has 22 heavy (non-hydrogen) atoms. The number of carbonyl (C=O) groups excluding carboxylic acids is 1. The van der Waals surface area contributed by atoms with E-state index in [0.717, 1.165) is 4.43 Å². The number of carbonyl (C=O) groups is 1. The van der Waals surface area contributed by atoms with Gasteiger partial charge < -0.3 is 13.9 Å². The van der Waals surface area contributed by atoms with Gasteiger partial charge in [0.05, 0.1) is 6.10 Å². The molecule has 1 rings (SSSR count).